The Balaban J connectivity index is 1.69. The summed E-state index contributed by atoms with van der Waals surface area (Å²) in [5.41, 5.74) is 0. The average molecular weight is 211 g/mol. The Morgan fingerprint density at radius 3 is 2.60 bits per heavy atom. The van der Waals surface area contributed by atoms with Crippen molar-refractivity contribution in [2.45, 2.75) is 64.0 Å². The van der Waals surface area contributed by atoms with Crippen LogP contribution in [0.1, 0.15) is 51.9 Å². The van der Waals surface area contributed by atoms with Crippen LogP contribution < -0.4 is 5.32 Å². The van der Waals surface area contributed by atoms with Crippen molar-refractivity contribution in [3.05, 3.63) is 0 Å². The monoisotopic (exact) mass is 211 g/mol. The molecule has 88 valence electrons. The second-order valence-electron chi connectivity index (χ2n) is 5.12. The predicted molar refractivity (Wildman–Crippen MR) is 63.0 cm³/mol. The molecular formula is C13H25NO. The topological polar surface area (TPSA) is 21.3 Å². The molecule has 2 aliphatic rings. The Bertz CT molecular complexity index is 171. The third kappa shape index (κ3) is 3.18. The maximum atomic E-state index is 5.76. The molecule has 1 saturated carbocycles. The van der Waals surface area contributed by atoms with Crippen LogP contribution >= 0.6 is 0 Å². The zero-order chi connectivity index (χ0) is 10.5. The minimum atomic E-state index is 0.497. The molecule has 2 fully saturated rings. The van der Waals surface area contributed by atoms with Gasteiger partial charge in [-0.2, -0.15) is 0 Å². The van der Waals surface area contributed by atoms with Gasteiger partial charge in [-0.25, -0.2) is 0 Å². The first-order chi connectivity index (χ1) is 7.40. The summed E-state index contributed by atoms with van der Waals surface area (Å²) in [4.78, 5) is 0. The van der Waals surface area contributed by atoms with Crippen LogP contribution in [-0.4, -0.2) is 25.3 Å². The van der Waals surface area contributed by atoms with Gasteiger partial charge in [-0.1, -0.05) is 19.8 Å². The van der Waals surface area contributed by atoms with Crippen LogP contribution in [0.3, 0.4) is 0 Å². The molecule has 1 aliphatic carbocycles. The van der Waals surface area contributed by atoms with Crippen molar-refractivity contribution >= 4 is 0 Å². The molecule has 1 aliphatic heterocycles. The summed E-state index contributed by atoms with van der Waals surface area (Å²) in [6.07, 6.45) is 9.99. The maximum absolute atomic E-state index is 5.76. The van der Waals surface area contributed by atoms with Gasteiger partial charge in [0.2, 0.25) is 0 Å². The van der Waals surface area contributed by atoms with Gasteiger partial charge in [0.05, 0.1) is 6.10 Å². The van der Waals surface area contributed by atoms with Crippen molar-refractivity contribution in [2.75, 3.05) is 13.2 Å². The molecule has 0 spiro atoms. The Morgan fingerprint density at radius 1 is 1.20 bits per heavy atom. The number of nitrogens with one attached hydrogen (secondary N) is 1. The van der Waals surface area contributed by atoms with E-state index in [2.05, 4.69) is 12.2 Å². The molecule has 0 aromatic rings. The van der Waals surface area contributed by atoms with Crippen LogP contribution in [0.15, 0.2) is 0 Å². The van der Waals surface area contributed by atoms with Gasteiger partial charge >= 0.3 is 0 Å². The fraction of sp³-hybridized carbons (Fsp3) is 1.00. The van der Waals surface area contributed by atoms with Gasteiger partial charge in [0.1, 0.15) is 0 Å². The van der Waals surface area contributed by atoms with E-state index in [0.29, 0.717) is 12.1 Å². The Kier molecular flexibility index (Phi) is 4.45. The summed E-state index contributed by atoms with van der Waals surface area (Å²) < 4.78 is 5.76. The summed E-state index contributed by atoms with van der Waals surface area (Å²) in [5, 5.41) is 3.73. The highest BCUT2D eigenvalue weighted by Crippen LogP contribution is 2.24. The Labute approximate surface area is 93.8 Å². The van der Waals surface area contributed by atoms with Crippen molar-refractivity contribution in [1.29, 1.82) is 0 Å². The summed E-state index contributed by atoms with van der Waals surface area (Å²) in [5.74, 6) is 0.945. The van der Waals surface area contributed by atoms with Gasteiger partial charge in [0.15, 0.2) is 0 Å². The van der Waals surface area contributed by atoms with E-state index in [4.69, 9.17) is 4.74 Å². The van der Waals surface area contributed by atoms with Crippen LogP contribution in [-0.2, 0) is 4.74 Å². The van der Waals surface area contributed by atoms with Crippen LogP contribution in [0.25, 0.3) is 0 Å². The quantitative estimate of drug-likeness (QED) is 0.755. The number of ether oxygens (including phenoxy) is 1. The van der Waals surface area contributed by atoms with Crippen LogP contribution in [0.2, 0.25) is 0 Å². The zero-order valence-corrected chi connectivity index (χ0v) is 10.0. The minimum Gasteiger partial charge on any atom is -0.377 e. The first-order valence-electron chi connectivity index (χ1n) is 6.75. The largest absolute Gasteiger partial charge is 0.377 e. The van der Waals surface area contributed by atoms with Gasteiger partial charge in [0.25, 0.3) is 0 Å². The average Bonchev–Trinajstić information content (AvgIpc) is 2.90. The molecule has 2 rings (SSSR count). The third-order valence-electron chi connectivity index (χ3n) is 4.00. The normalized spacial score (nSPS) is 29.8. The van der Waals surface area contributed by atoms with E-state index in [1.807, 2.05) is 0 Å². The molecule has 1 N–H and O–H groups in total. The smallest absolute Gasteiger partial charge is 0.0728 e. The molecule has 0 aromatic heterocycles. The van der Waals surface area contributed by atoms with E-state index < -0.39 is 0 Å². The van der Waals surface area contributed by atoms with Gasteiger partial charge < -0.3 is 10.1 Å². The van der Waals surface area contributed by atoms with E-state index in [0.717, 1.165) is 12.5 Å². The molecule has 1 heterocycles. The van der Waals surface area contributed by atoms with Crippen molar-refractivity contribution in [2.24, 2.45) is 5.92 Å². The molecule has 2 nitrogen and oxygen atoms in total. The van der Waals surface area contributed by atoms with Gasteiger partial charge in [-0.15, -0.1) is 0 Å². The lowest BCUT2D eigenvalue weighted by molar-refractivity contribution is 0.0756. The second-order valence-corrected chi connectivity index (χ2v) is 5.12. The van der Waals surface area contributed by atoms with Crippen LogP contribution in [0, 0.1) is 5.92 Å². The lowest BCUT2D eigenvalue weighted by Crippen LogP contribution is -2.41. The highest BCUT2D eigenvalue weighted by Gasteiger charge is 2.25. The molecule has 0 amide bonds. The molecule has 2 unspecified atom stereocenters. The fourth-order valence-electron chi connectivity index (χ4n) is 2.99. The standard InChI is InChI=1S/C13H25NO/c1-2-12(13-8-5-9-15-13)14-10-11-6-3-4-7-11/h11-14H,2-10H2,1H3. The Morgan fingerprint density at radius 2 is 2.00 bits per heavy atom. The zero-order valence-electron chi connectivity index (χ0n) is 10.0. The van der Waals surface area contributed by atoms with E-state index in [9.17, 15) is 0 Å². The summed E-state index contributed by atoms with van der Waals surface area (Å²) in [7, 11) is 0. The van der Waals surface area contributed by atoms with E-state index in [1.165, 1.54) is 51.5 Å². The molecule has 0 radical (unpaired) electrons. The highest BCUT2D eigenvalue weighted by molar-refractivity contribution is 4.81. The van der Waals surface area contributed by atoms with Gasteiger partial charge in [-0.05, 0) is 44.6 Å². The molecule has 0 aromatic carbocycles. The predicted octanol–water partition coefficient (Wildman–Crippen LogP) is 2.72. The molecule has 0 bridgehead atoms. The molecular weight excluding hydrogens is 186 g/mol. The summed E-state index contributed by atoms with van der Waals surface area (Å²) in [6, 6.07) is 0.605. The van der Waals surface area contributed by atoms with E-state index >= 15 is 0 Å². The van der Waals surface area contributed by atoms with Crippen LogP contribution in [0.4, 0.5) is 0 Å². The first-order valence-corrected chi connectivity index (χ1v) is 6.75. The van der Waals surface area contributed by atoms with Crippen molar-refractivity contribution in [3.63, 3.8) is 0 Å². The summed E-state index contributed by atoms with van der Waals surface area (Å²) >= 11 is 0. The van der Waals surface area contributed by atoms with Crippen LogP contribution in [0.5, 0.6) is 0 Å². The highest BCUT2D eigenvalue weighted by atomic mass is 16.5. The van der Waals surface area contributed by atoms with E-state index in [-0.39, 0.29) is 0 Å². The van der Waals surface area contributed by atoms with E-state index in [1.54, 1.807) is 0 Å². The number of hydrogen-bond acceptors (Lipinski definition) is 2. The fourth-order valence-corrected chi connectivity index (χ4v) is 2.99. The molecule has 2 atom stereocenters. The van der Waals surface area contributed by atoms with Crippen molar-refractivity contribution < 1.29 is 4.74 Å². The third-order valence-corrected chi connectivity index (χ3v) is 4.00. The SMILES string of the molecule is CCC(NCC1CCCC1)C1CCCO1. The number of hydrogen-bond donors (Lipinski definition) is 1. The molecule has 2 heteroatoms. The van der Waals surface area contributed by atoms with Gasteiger partial charge in [-0.3, -0.25) is 0 Å². The van der Waals surface area contributed by atoms with Crippen molar-refractivity contribution in [1.82, 2.24) is 5.32 Å². The van der Waals surface area contributed by atoms with Gasteiger partial charge in [0, 0.05) is 12.6 Å². The number of rotatable bonds is 5. The maximum Gasteiger partial charge on any atom is 0.0728 e. The Hall–Kier alpha value is -0.0800. The minimum absolute atomic E-state index is 0.497. The summed E-state index contributed by atoms with van der Waals surface area (Å²) in [6.45, 7) is 4.47. The molecule has 1 saturated heterocycles. The van der Waals surface area contributed by atoms with Crippen molar-refractivity contribution in [3.8, 4) is 0 Å². The lowest BCUT2D eigenvalue weighted by atomic mass is 10.0. The second kappa shape index (κ2) is 5.86. The lowest BCUT2D eigenvalue weighted by Gasteiger charge is -2.24. The molecule has 15 heavy (non-hydrogen) atoms. The first kappa shape index (κ1) is 11.4.